The van der Waals surface area contributed by atoms with Crippen LogP contribution in [0.4, 0.5) is 5.69 Å². The molecule has 4 heteroatoms. The Kier molecular flexibility index (Phi) is 8.27. The van der Waals surface area contributed by atoms with Crippen LogP contribution in [0.25, 0.3) is 0 Å². The van der Waals surface area contributed by atoms with E-state index < -0.39 is 0 Å². The quantitative estimate of drug-likeness (QED) is 0.232. The van der Waals surface area contributed by atoms with Crippen molar-refractivity contribution < 1.29 is 0 Å². The summed E-state index contributed by atoms with van der Waals surface area (Å²) in [5.74, 6) is 3.16. The average Bonchev–Trinajstić information content (AvgIpc) is 3.72. The number of nitrogens with zero attached hydrogens (tertiary/aromatic N) is 2. The van der Waals surface area contributed by atoms with E-state index in [1.165, 1.54) is 40.8 Å². The minimum atomic E-state index is -0.214. The van der Waals surface area contributed by atoms with Crippen molar-refractivity contribution in [2.75, 3.05) is 11.4 Å². The molecule has 0 saturated carbocycles. The zero-order chi connectivity index (χ0) is 34.9. The normalized spacial score (nSPS) is 38.6. The molecule has 0 aromatic heterocycles. The van der Waals surface area contributed by atoms with Crippen LogP contribution in [0.1, 0.15) is 57.4 Å². The highest BCUT2D eigenvalue weighted by molar-refractivity contribution is 5.69. The molecular weight excluding hydrogens is 633 g/mol. The first kappa shape index (κ1) is 32.7. The van der Waals surface area contributed by atoms with Gasteiger partial charge in [0.2, 0.25) is 0 Å². The SMILES string of the molecule is CC1C=CC(C2=CC(C)C3C=CC=CC3=C2)=CC1CNC(N)N1C2CCC=CC2C2C3=C(C=CCC3)[C@@H]3c4ccccc4N(C4C=CC=CC4)C3C21. The lowest BCUT2D eigenvalue weighted by Crippen LogP contribution is -2.64. The second-order valence-corrected chi connectivity index (χ2v) is 16.8. The Hall–Kier alpha value is -3.96. The minimum absolute atomic E-state index is 0.214. The third kappa shape index (κ3) is 5.20. The summed E-state index contributed by atoms with van der Waals surface area (Å²) >= 11 is 0. The fourth-order valence-electron chi connectivity index (χ4n) is 11.8. The predicted octanol–water partition coefficient (Wildman–Crippen LogP) is 8.96. The summed E-state index contributed by atoms with van der Waals surface area (Å²) in [6, 6.07) is 10.8. The van der Waals surface area contributed by atoms with E-state index in [4.69, 9.17) is 5.73 Å². The first-order valence-electron chi connectivity index (χ1n) is 20.3. The molecule has 7 aliphatic carbocycles. The van der Waals surface area contributed by atoms with E-state index in [1.54, 1.807) is 11.1 Å². The number of hydrogen-bond donors (Lipinski definition) is 2. The third-order valence-electron chi connectivity index (χ3n) is 14.1. The molecule has 3 N–H and O–H groups in total. The summed E-state index contributed by atoms with van der Waals surface area (Å²) in [6.07, 6.45) is 46.0. The number of nitrogens with one attached hydrogen (secondary N) is 1. The molecule has 2 heterocycles. The van der Waals surface area contributed by atoms with Crippen LogP contribution in [0.3, 0.4) is 0 Å². The van der Waals surface area contributed by atoms with Crippen molar-refractivity contribution in [1.29, 1.82) is 0 Å². The number of hydrogen-bond acceptors (Lipinski definition) is 4. The van der Waals surface area contributed by atoms with Gasteiger partial charge in [-0.25, -0.2) is 0 Å². The molecule has 1 fully saturated rings. The highest BCUT2D eigenvalue weighted by Gasteiger charge is 2.62. The summed E-state index contributed by atoms with van der Waals surface area (Å²) in [6.45, 7) is 5.59. The van der Waals surface area contributed by atoms with Crippen LogP contribution < -0.4 is 16.0 Å². The highest BCUT2D eigenvalue weighted by atomic mass is 15.4. The summed E-state index contributed by atoms with van der Waals surface area (Å²) in [4.78, 5) is 5.65. The number of benzene rings is 1. The lowest BCUT2D eigenvalue weighted by atomic mass is 9.64. The zero-order valence-electron chi connectivity index (χ0n) is 30.8. The molecule has 10 rings (SSSR count). The molecule has 0 spiro atoms. The van der Waals surface area contributed by atoms with Crippen molar-refractivity contribution in [1.82, 2.24) is 10.2 Å². The standard InChI is InChI=1S/C48H54N4/c1-30-24-25-32(34-26-31(2)37-17-7-6-14-33(37)28-34)27-35(30)29-50-48(49)52-43-23-13-11-21-41(43)45-39-19-9-8-18-38(39)44-40-20-10-12-22-42(40)51(46(44)47(45)52)36-15-4-3-5-16-36/h3-8,10-12,14-15,17-18,20-22,24-28,30-31,35-37,41,43-48,50H,9,13,16,19,23,29,49H2,1-2H3/t30?,31?,35?,36?,37?,41?,43?,44-,45?,46?,47?,48?/m1/s1. The Bertz CT molecular complexity index is 1960. The number of allylic oxidation sites excluding steroid dienone is 16. The van der Waals surface area contributed by atoms with Crippen molar-refractivity contribution in [3.63, 3.8) is 0 Å². The van der Waals surface area contributed by atoms with Gasteiger partial charge in [0.05, 0.1) is 12.1 Å². The molecule has 0 radical (unpaired) electrons. The van der Waals surface area contributed by atoms with Gasteiger partial charge in [-0.1, -0.05) is 141 Å². The summed E-state index contributed by atoms with van der Waals surface area (Å²) in [7, 11) is 0. The number of likely N-dealkylation sites (tertiary alicyclic amines) is 1. The van der Waals surface area contributed by atoms with Gasteiger partial charge < -0.3 is 10.6 Å². The lowest BCUT2D eigenvalue weighted by Gasteiger charge is -2.50. The maximum Gasteiger partial charge on any atom is 0.112 e. The number of anilines is 1. The highest BCUT2D eigenvalue weighted by Crippen LogP contribution is 2.60. The summed E-state index contributed by atoms with van der Waals surface area (Å²) in [5, 5.41) is 4.01. The maximum absolute atomic E-state index is 7.55. The van der Waals surface area contributed by atoms with Gasteiger partial charge in [0, 0.05) is 48.0 Å². The number of rotatable bonds is 6. The molecule has 2 aliphatic heterocycles. The van der Waals surface area contributed by atoms with Crippen LogP contribution >= 0.6 is 0 Å². The van der Waals surface area contributed by atoms with E-state index in [-0.39, 0.29) is 6.29 Å². The maximum atomic E-state index is 7.55. The Morgan fingerprint density at radius 1 is 0.846 bits per heavy atom. The molecule has 12 atom stereocenters. The molecule has 1 saturated heterocycles. The van der Waals surface area contributed by atoms with E-state index in [0.29, 0.717) is 65.6 Å². The van der Waals surface area contributed by atoms with Gasteiger partial charge in [-0.15, -0.1) is 0 Å². The van der Waals surface area contributed by atoms with Gasteiger partial charge in [-0.05, 0) is 83.8 Å². The second kappa shape index (κ2) is 13.2. The van der Waals surface area contributed by atoms with E-state index in [2.05, 4.69) is 157 Å². The largest absolute Gasteiger partial charge is 0.359 e. The van der Waals surface area contributed by atoms with Crippen LogP contribution in [0.15, 0.2) is 155 Å². The minimum Gasteiger partial charge on any atom is -0.359 e. The van der Waals surface area contributed by atoms with Crippen LogP contribution in [0.2, 0.25) is 0 Å². The first-order chi connectivity index (χ1) is 25.6. The second-order valence-electron chi connectivity index (χ2n) is 16.8. The predicted molar refractivity (Wildman–Crippen MR) is 215 cm³/mol. The Labute approximate surface area is 311 Å². The molecule has 1 aromatic rings. The molecule has 9 aliphatic rings. The van der Waals surface area contributed by atoms with Crippen LogP contribution in [0, 0.1) is 35.5 Å². The monoisotopic (exact) mass is 686 g/mol. The van der Waals surface area contributed by atoms with E-state index in [0.717, 1.165) is 25.8 Å². The van der Waals surface area contributed by atoms with Crippen molar-refractivity contribution in [3.05, 3.63) is 161 Å². The Morgan fingerprint density at radius 2 is 1.75 bits per heavy atom. The number of para-hydroxylation sites is 1. The topological polar surface area (TPSA) is 44.5 Å². The number of nitrogens with two attached hydrogens (primary N) is 1. The third-order valence-corrected chi connectivity index (χ3v) is 14.1. The van der Waals surface area contributed by atoms with Gasteiger partial charge in [0.25, 0.3) is 0 Å². The van der Waals surface area contributed by atoms with Crippen molar-refractivity contribution >= 4 is 5.69 Å². The smallest absolute Gasteiger partial charge is 0.112 e. The lowest BCUT2D eigenvalue weighted by molar-refractivity contribution is 0.0697. The molecule has 266 valence electrons. The molecule has 0 bridgehead atoms. The van der Waals surface area contributed by atoms with Gasteiger partial charge in [0.15, 0.2) is 0 Å². The van der Waals surface area contributed by atoms with Crippen LogP contribution in [0.5, 0.6) is 0 Å². The van der Waals surface area contributed by atoms with Crippen LogP contribution in [-0.4, -0.2) is 41.9 Å². The van der Waals surface area contributed by atoms with Crippen molar-refractivity contribution in [3.8, 4) is 0 Å². The van der Waals surface area contributed by atoms with Crippen molar-refractivity contribution in [2.24, 2.45) is 41.2 Å². The van der Waals surface area contributed by atoms with Crippen LogP contribution in [-0.2, 0) is 0 Å². The van der Waals surface area contributed by atoms with Gasteiger partial charge in [0.1, 0.15) is 6.29 Å². The van der Waals surface area contributed by atoms with E-state index in [1.807, 2.05) is 0 Å². The first-order valence-corrected chi connectivity index (χ1v) is 20.3. The van der Waals surface area contributed by atoms with Gasteiger partial charge in [-0.3, -0.25) is 10.2 Å². The zero-order valence-corrected chi connectivity index (χ0v) is 30.8. The molecule has 4 nitrogen and oxygen atoms in total. The van der Waals surface area contributed by atoms with Gasteiger partial charge in [-0.2, -0.15) is 0 Å². The average molecular weight is 687 g/mol. The Morgan fingerprint density at radius 3 is 2.65 bits per heavy atom. The molecule has 52 heavy (non-hydrogen) atoms. The fraction of sp³-hybridized carbons (Fsp3) is 0.417. The van der Waals surface area contributed by atoms with Crippen molar-refractivity contribution in [2.45, 2.75) is 82.3 Å². The summed E-state index contributed by atoms with van der Waals surface area (Å²) in [5.41, 5.74) is 17.9. The molecular formula is C48H54N4. The number of fused-ring (bicyclic) bond motifs is 10. The molecule has 11 unspecified atom stereocenters. The molecule has 0 amide bonds. The van der Waals surface area contributed by atoms with E-state index >= 15 is 0 Å². The van der Waals surface area contributed by atoms with E-state index in [9.17, 15) is 0 Å². The molecule has 1 aromatic carbocycles. The Balaban J connectivity index is 0.990. The fourth-order valence-corrected chi connectivity index (χ4v) is 11.8. The summed E-state index contributed by atoms with van der Waals surface area (Å²) < 4.78 is 0. The van der Waals surface area contributed by atoms with Gasteiger partial charge >= 0.3 is 0 Å².